The van der Waals surface area contributed by atoms with Crippen molar-refractivity contribution in [2.24, 2.45) is 11.8 Å². The third-order valence-corrected chi connectivity index (χ3v) is 9.30. The van der Waals surface area contributed by atoms with E-state index in [2.05, 4.69) is 0 Å². The SMILES string of the molecule is COc1ccc(C(=O)[C@H](C)OC(=O)CN2C(=O)[C@@H]3[C@@H](C2=O)C2(Cl)c4ccccc4C3(Cl)c3ccccc32)cc1. The first-order chi connectivity index (χ1) is 18.6. The van der Waals surface area contributed by atoms with Crippen molar-refractivity contribution >= 4 is 46.8 Å². The quantitative estimate of drug-likeness (QED) is 0.191. The van der Waals surface area contributed by atoms with Gasteiger partial charge in [0.1, 0.15) is 22.0 Å². The van der Waals surface area contributed by atoms with Crippen LogP contribution in [0.5, 0.6) is 5.75 Å². The molecule has 0 radical (unpaired) electrons. The van der Waals surface area contributed by atoms with Gasteiger partial charge in [0.05, 0.1) is 18.9 Å². The zero-order valence-electron chi connectivity index (χ0n) is 21.0. The molecule has 0 aromatic heterocycles. The Balaban J connectivity index is 1.29. The van der Waals surface area contributed by atoms with Crippen molar-refractivity contribution in [3.05, 3.63) is 101 Å². The Morgan fingerprint density at radius 1 is 0.821 bits per heavy atom. The second kappa shape index (κ2) is 8.93. The highest BCUT2D eigenvalue weighted by Gasteiger charge is 2.73. The Kier molecular flexibility index (Phi) is 5.86. The summed E-state index contributed by atoms with van der Waals surface area (Å²) in [4.78, 5) is 51.5. The van der Waals surface area contributed by atoms with E-state index < -0.39 is 57.8 Å². The molecule has 2 amide bonds. The third-order valence-electron chi connectivity index (χ3n) is 8.02. The van der Waals surface area contributed by atoms with Crippen molar-refractivity contribution < 1.29 is 28.7 Å². The first-order valence-corrected chi connectivity index (χ1v) is 13.2. The molecule has 9 heteroatoms. The number of imide groups is 1. The van der Waals surface area contributed by atoms with Crippen molar-refractivity contribution in [2.45, 2.75) is 22.8 Å². The topological polar surface area (TPSA) is 90.0 Å². The van der Waals surface area contributed by atoms with Crippen LogP contribution in [0.15, 0.2) is 72.8 Å². The highest BCUT2D eigenvalue weighted by atomic mass is 35.5. The molecule has 3 aliphatic carbocycles. The van der Waals surface area contributed by atoms with Crippen LogP contribution in [0.3, 0.4) is 0 Å². The molecule has 7 rings (SSSR count). The molecule has 7 nitrogen and oxygen atoms in total. The minimum absolute atomic E-state index is 0.329. The summed E-state index contributed by atoms with van der Waals surface area (Å²) < 4.78 is 10.4. The van der Waals surface area contributed by atoms with E-state index in [9.17, 15) is 19.2 Å². The van der Waals surface area contributed by atoms with Gasteiger partial charge in [0.2, 0.25) is 17.6 Å². The summed E-state index contributed by atoms with van der Waals surface area (Å²) in [6.45, 7) is 0.782. The van der Waals surface area contributed by atoms with Crippen molar-refractivity contribution in [1.82, 2.24) is 4.90 Å². The molecule has 0 unspecified atom stereocenters. The van der Waals surface area contributed by atoms with E-state index in [1.54, 1.807) is 24.3 Å². The zero-order valence-corrected chi connectivity index (χ0v) is 22.5. The second-order valence-electron chi connectivity index (χ2n) is 9.96. The predicted molar refractivity (Wildman–Crippen MR) is 143 cm³/mol. The van der Waals surface area contributed by atoms with Crippen LogP contribution in [0.4, 0.5) is 0 Å². The Morgan fingerprint density at radius 2 is 1.26 bits per heavy atom. The fourth-order valence-electron chi connectivity index (χ4n) is 6.29. The van der Waals surface area contributed by atoms with Gasteiger partial charge >= 0.3 is 5.97 Å². The molecule has 3 aromatic carbocycles. The lowest BCUT2D eigenvalue weighted by atomic mass is 9.54. The number of carbonyl (C=O) groups is 4. The van der Waals surface area contributed by atoms with Crippen molar-refractivity contribution in [1.29, 1.82) is 0 Å². The number of carbonyl (C=O) groups excluding carboxylic acids is 4. The number of halogens is 2. The first-order valence-electron chi connectivity index (χ1n) is 12.4. The summed E-state index contributed by atoms with van der Waals surface area (Å²) in [5.41, 5.74) is 3.02. The Labute approximate surface area is 234 Å². The standard InChI is InChI=1S/C30H23Cl2NO6/c1-16(26(35)17-11-13-18(38-2)14-12-17)39-23(34)15-33-27(36)24-25(28(33)37)30(32)20-8-4-3-7-19(20)29(24,31)21-9-5-6-10-22(21)30/h3-14,16,24-25H,15H2,1-2H3/t16-,24-,25-,29?,30?/m0/s1. The van der Waals surface area contributed by atoms with Crippen LogP contribution in [0, 0.1) is 11.8 Å². The molecule has 3 aromatic rings. The highest BCUT2D eigenvalue weighted by molar-refractivity contribution is 6.36. The number of Topliss-reactive ketones (excluding diaryl/α,β-unsaturated/α-hetero) is 1. The number of rotatable bonds is 6. The van der Waals surface area contributed by atoms with Gasteiger partial charge in [-0.1, -0.05) is 48.5 Å². The number of amides is 2. The Bertz CT molecular complexity index is 1430. The van der Waals surface area contributed by atoms with E-state index >= 15 is 0 Å². The number of esters is 1. The molecule has 0 N–H and O–H groups in total. The highest BCUT2D eigenvalue weighted by Crippen LogP contribution is 2.69. The van der Waals surface area contributed by atoms with Gasteiger partial charge in [-0.3, -0.25) is 24.1 Å². The van der Waals surface area contributed by atoms with Gasteiger partial charge in [-0.05, 0) is 53.4 Å². The van der Waals surface area contributed by atoms with Gasteiger partial charge in [0, 0.05) is 5.56 Å². The summed E-state index contributed by atoms with van der Waals surface area (Å²) in [5.74, 6) is -3.96. The maximum absolute atomic E-state index is 13.8. The predicted octanol–water partition coefficient (Wildman–Crippen LogP) is 4.40. The summed E-state index contributed by atoms with van der Waals surface area (Å²) in [6.07, 6.45) is -1.13. The monoisotopic (exact) mass is 563 g/mol. The van der Waals surface area contributed by atoms with Crippen molar-refractivity contribution in [2.75, 3.05) is 13.7 Å². The van der Waals surface area contributed by atoms with Crippen LogP contribution in [0.1, 0.15) is 39.5 Å². The summed E-state index contributed by atoms with van der Waals surface area (Å²) in [5, 5.41) is 0. The molecule has 1 saturated heterocycles. The first kappa shape index (κ1) is 25.6. The van der Waals surface area contributed by atoms with Crippen LogP contribution >= 0.6 is 23.2 Å². The lowest BCUT2D eigenvalue weighted by molar-refractivity contribution is -0.154. The average molecular weight is 564 g/mol. The summed E-state index contributed by atoms with van der Waals surface area (Å²) >= 11 is 14.7. The van der Waals surface area contributed by atoms with Crippen LogP contribution in [-0.4, -0.2) is 48.2 Å². The van der Waals surface area contributed by atoms with Gasteiger partial charge in [-0.25, -0.2) is 0 Å². The number of benzene rings is 3. The molecule has 2 bridgehead atoms. The number of ketones is 1. The molecule has 0 saturated carbocycles. The van der Waals surface area contributed by atoms with E-state index in [1.807, 2.05) is 48.5 Å². The van der Waals surface area contributed by atoms with E-state index in [0.29, 0.717) is 33.6 Å². The lowest BCUT2D eigenvalue weighted by Gasteiger charge is -2.54. The second-order valence-corrected chi connectivity index (χ2v) is 11.1. The van der Waals surface area contributed by atoms with Crippen LogP contribution in [0.2, 0.25) is 0 Å². The van der Waals surface area contributed by atoms with E-state index in [4.69, 9.17) is 32.7 Å². The van der Waals surface area contributed by atoms with Gasteiger partial charge in [-0.15, -0.1) is 23.2 Å². The fourth-order valence-corrected chi connectivity index (χ4v) is 7.39. The van der Waals surface area contributed by atoms with E-state index in [-0.39, 0.29) is 0 Å². The Hall–Kier alpha value is -3.68. The molecular weight excluding hydrogens is 541 g/mol. The number of ether oxygens (including phenoxy) is 2. The molecule has 39 heavy (non-hydrogen) atoms. The van der Waals surface area contributed by atoms with Crippen LogP contribution < -0.4 is 4.74 Å². The smallest absolute Gasteiger partial charge is 0.326 e. The molecule has 1 heterocycles. The minimum atomic E-state index is -1.34. The van der Waals surface area contributed by atoms with Gasteiger partial charge in [-0.2, -0.15) is 0 Å². The minimum Gasteiger partial charge on any atom is -0.497 e. The average Bonchev–Trinajstić information content (AvgIpc) is 3.21. The normalized spacial score (nSPS) is 26.9. The number of methoxy groups -OCH3 is 1. The number of hydrogen-bond donors (Lipinski definition) is 0. The van der Waals surface area contributed by atoms with Crippen molar-refractivity contribution in [3.63, 3.8) is 0 Å². The number of likely N-dealkylation sites (tertiary alicyclic amines) is 1. The van der Waals surface area contributed by atoms with Gasteiger partial charge < -0.3 is 9.47 Å². The maximum atomic E-state index is 13.8. The third kappa shape index (κ3) is 3.42. The zero-order chi connectivity index (χ0) is 27.7. The largest absolute Gasteiger partial charge is 0.497 e. The number of hydrogen-bond acceptors (Lipinski definition) is 6. The Morgan fingerprint density at radius 3 is 1.67 bits per heavy atom. The van der Waals surface area contributed by atoms with Crippen LogP contribution in [-0.2, 0) is 28.9 Å². The van der Waals surface area contributed by atoms with E-state index in [0.717, 1.165) is 4.90 Å². The molecule has 1 fully saturated rings. The van der Waals surface area contributed by atoms with Crippen molar-refractivity contribution in [3.8, 4) is 5.75 Å². The lowest BCUT2D eigenvalue weighted by Crippen LogP contribution is -2.57. The summed E-state index contributed by atoms with van der Waals surface area (Å²) in [7, 11) is 1.51. The maximum Gasteiger partial charge on any atom is 0.326 e. The number of nitrogens with zero attached hydrogens (tertiary/aromatic N) is 1. The molecule has 0 spiro atoms. The molecule has 3 atom stereocenters. The van der Waals surface area contributed by atoms with Gasteiger partial charge in [0.25, 0.3) is 0 Å². The van der Waals surface area contributed by atoms with Crippen LogP contribution in [0.25, 0.3) is 0 Å². The van der Waals surface area contributed by atoms with E-state index in [1.165, 1.54) is 14.0 Å². The molecule has 4 aliphatic rings. The molecular formula is C30H23Cl2NO6. The van der Waals surface area contributed by atoms with Gasteiger partial charge in [0.15, 0.2) is 6.10 Å². The molecule has 198 valence electrons. The summed E-state index contributed by atoms with van der Waals surface area (Å²) in [6, 6.07) is 21.0. The number of alkyl halides is 2. The molecule has 1 aliphatic heterocycles. The fraction of sp³-hybridized carbons (Fsp3) is 0.267.